The lowest BCUT2D eigenvalue weighted by atomic mass is 10.2. The molecule has 1 aromatic carbocycles. The predicted molar refractivity (Wildman–Crippen MR) is 109 cm³/mol. The van der Waals surface area contributed by atoms with Crippen LogP contribution in [0.15, 0.2) is 35.2 Å². The van der Waals surface area contributed by atoms with Crippen LogP contribution in [0.5, 0.6) is 0 Å². The van der Waals surface area contributed by atoms with Crippen LogP contribution in [-0.4, -0.2) is 34.8 Å². The minimum Gasteiger partial charge on any atom is -0.452 e. The van der Waals surface area contributed by atoms with Crippen molar-refractivity contribution in [1.82, 2.24) is 4.57 Å². The van der Waals surface area contributed by atoms with Gasteiger partial charge >= 0.3 is 5.97 Å². The average molecular weight is 387 g/mol. The lowest BCUT2D eigenvalue weighted by molar-refractivity contribution is -0.121. The number of hydrogen-bond donors (Lipinski definition) is 0. The van der Waals surface area contributed by atoms with Gasteiger partial charge in [-0.25, -0.2) is 4.79 Å². The molecule has 2 heterocycles. The van der Waals surface area contributed by atoms with E-state index in [0.29, 0.717) is 17.4 Å². The first-order valence-electron chi connectivity index (χ1n) is 9.32. The lowest BCUT2D eigenvalue weighted by Crippen LogP contribution is -2.35. The summed E-state index contributed by atoms with van der Waals surface area (Å²) in [6, 6.07) is 9.73. The van der Waals surface area contributed by atoms with Crippen molar-refractivity contribution < 1.29 is 14.3 Å². The molecule has 0 radical (unpaired) electrons. The SMILES string of the molecule is CCn1c(C)cc(C(=O)OCC(=O)N2CC[C@@H](C)Sc3ccccc32)c1C. The van der Waals surface area contributed by atoms with E-state index in [1.165, 1.54) is 0 Å². The van der Waals surface area contributed by atoms with E-state index in [1.54, 1.807) is 16.7 Å². The fourth-order valence-electron chi connectivity index (χ4n) is 3.52. The summed E-state index contributed by atoms with van der Waals surface area (Å²) in [4.78, 5) is 28.1. The summed E-state index contributed by atoms with van der Waals surface area (Å²) in [6.07, 6.45) is 0.899. The van der Waals surface area contributed by atoms with Gasteiger partial charge in [-0.3, -0.25) is 4.79 Å². The molecule has 1 aliphatic heterocycles. The molecule has 5 nitrogen and oxygen atoms in total. The smallest absolute Gasteiger partial charge is 0.340 e. The van der Waals surface area contributed by atoms with Gasteiger partial charge < -0.3 is 14.2 Å². The largest absolute Gasteiger partial charge is 0.452 e. The fourth-order valence-corrected chi connectivity index (χ4v) is 4.64. The summed E-state index contributed by atoms with van der Waals surface area (Å²) < 4.78 is 7.43. The van der Waals surface area contributed by atoms with E-state index in [4.69, 9.17) is 4.74 Å². The van der Waals surface area contributed by atoms with Gasteiger partial charge in [0.1, 0.15) is 0 Å². The van der Waals surface area contributed by atoms with Crippen LogP contribution in [0.25, 0.3) is 0 Å². The monoisotopic (exact) mass is 386 g/mol. The third kappa shape index (κ3) is 4.05. The molecule has 27 heavy (non-hydrogen) atoms. The highest BCUT2D eigenvalue weighted by molar-refractivity contribution is 8.00. The molecular weight excluding hydrogens is 360 g/mol. The lowest BCUT2D eigenvalue weighted by Gasteiger charge is -2.22. The molecule has 0 aliphatic carbocycles. The van der Waals surface area contributed by atoms with Gasteiger partial charge in [0.25, 0.3) is 5.91 Å². The number of rotatable bonds is 4. The van der Waals surface area contributed by atoms with E-state index >= 15 is 0 Å². The number of ether oxygens (including phenoxy) is 1. The molecule has 1 aromatic heterocycles. The van der Waals surface area contributed by atoms with Gasteiger partial charge in [-0.15, -0.1) is 11.8 Å². The van der Waals surface area contributed by atoms with E-state index in [1.807, 2.05) is 51.1 Å². The number of anilines is 1. The van der Waals surface area contributed by atoms with Crippen molar-refractivity contribution in [1.29, 1.82) is 0 Å². The van der Waals surface area contributed by atoms with Crippen LogP contribution in [-0.2, 0) is 16.1 Å². The first kappa shape index (κ1) is 19.5. The number of esters is 1. The van der Waals surface area contributed by atoms with Gasteiger partial charge in [-0.1, -0.05) is 19.1 Å². The van der Waals surface area contributed by atoms with Gasteiger partial charge in [-0.05, 0) is 45.4 Å². The number of fused-ring (bicyclic) bond motifs is 1. The summed E-state index contributed by atoms with van der Waals surface area (Å²) in [5, 5.41) is 0.436. The summed E-state index contributed by atoms with van der Waals surface area (Å²) in [6.45, 7) is 9.25. The molecule has 0 saturated carbocycles. The number of hydrogen-bond acceptors (Lipinski definition) is 4. The van der Waals surface area contributed by atoms with Crippen LogP contribution < -0.4 is 4.90 Å². The summed E-state index contributed by atoms with van der Waals surface area (Å²) in [7, 11) is 0. The number of amides is 1. The number of carbonyl (C=O) groups is 2. The van der Waals surface area contributed by atoms with Gasteiger partial charge in [-0.2, -0.15) is 0 Å². The second-order valence-electron chi connectivity index (χ2n) is 6.84. The molecule has 0 fully saturated rings. The molecule has 0 unspecified atom stereocenters. The summed E-state index contributed by atoms with van der Waals surface area (Å²) in [5.74, 6) is -0.628. The first-order valence-corrected chi connectivity index (χ1v) is 10.2. The zero-order valence-electron chi connectivity index (χ0n) is 16.3. The molecule has 0 saturated heterocycles. The highest BCUT2D eigenvalue weighted by Crippen LogP contribution is 2.37. The Labute approximate surface area is 164 Å². The van der Waals surface area contributed by atoms with Gasteiger partial charge in [0.2, 0.25) is 0 Å². The molecule has 144 valence electrons. The molecule has 0 spiro atoms. The maximum atomic E-state index is 12.8. The van der Waals surface area contributed by atoms with E-state index in [-0.39, 0.29) is 12.5 Å². The molecule has 1 atom stereocenters. The molecule has 3 rings (SSSR count). The third-order valence-corrected chi connectivity index (χ3v) is 6.22. The van der Waals surface area contributed by atoms with Crippen LogP contribution in [0.1, 0.15) is 42.0 Å². The van der Waals surface area contributed by atoms with Crippen molar-refractivity contribution in [3.63, 3.8) is 0 Å². The predicted octanol–water partition coefficient (Wildman–Crippen LogP) is 4.20. The Balaban J connectivity index is 1.72. The third-order valence-electron chi connectivity index (χ3n) is 4.98. The topological polar surface area (TPSA) is 51.5 Å². The number of thioether (sulfide) groups is 1. The number of aryl methyl sites for hydroxylation is 1. The Morgan fingerprint density at radius 2 is 2.00 bits per heavy atom. The second-order valence-corrected chi connectivity index (χ2v) is 8.32. The number of para-hydroxylation sites is 1. The van der Waals surface area contributed by atoms with E-state index in [0.717, 1.165) is 34.9 Å². The van der Waals surface area contributed by atoms with Crippen LogP contribution in [0.3, 0.4) is 0 Å². The Morgan fingerprint density at radius 3 is 2.70 bits per heavy atom. The maximum Gasteiger partial charge on any atom is 0.340 e. The summed E-state index contributed by atoms with van der Waals surface area (Å²) >= 11 is 1.78. The molecule has 1 amide bonds. The standard InChI is InChI=1S/C21H26N2O3S/c1-5-22-14(2)12-17(16(22)4)21(25)26-13-20(24)23-11-10-15(3)27-19-9-7-6-8-18(19)23/h6-9,12,15H,5,10-11,13H2,1-4H3/t15-/m1/s1. The Hall–Kier alpha value is -2.21. The Morgan fingerprint density at radius 1 is 1.26 bits per heavy atom. The Kier molecular flexibility index (Phi) is 5.95. The van der Waals surface area contributed by atoms with Crippen molar-refractivity contribution in [2.45, 2.75) is 50.8 Å². The zero-order valence-corrected chi connectivity index (χ0v) is 17.1. The van der Waals surface area contributed by atoms with Crippen LogP contribution in [0, 0.1) is 13.8 Å². The molecule has 6 heteroatoms. The second kappa shape index (κ2) is 8.21. The number of nitrogens with zero attached hydrogens (tertiary/aromatic N) is 2. The Bertz CT molecular complexity index is 859. The van der Waals surface area contributed by atoms with Crippen LogP contribution >= 0.6 is 11.8 Å². The van der Waals surface area contributed by atoms with Crippen molar-refractivity contribution in [2.24, 2.45) is 0 Å². The van der Waals surface area contributed by atoms with Crippen molar-refractivity contribution >= 4 is 29.3 Å². The van der Waals surface area contributed by atoms with Crippen LogP contribution in [0.2, 0.25) is 0 Å². The van der Waals surface area contributed by atoms with Gasteiger partial charge in [0, 0.05) is 34.6 Å². The van der Waals surface area contributed by atoms with E-state index < -0.39 is 5.97 Å². The number of benzene rings is 1. The van der Waals surface area contributed by atoms with E-state index in [2.05, 4.69) is 11.5 Å². The summed E-state index contributed by atoms with van der Waals surface area (Å²) in [5.41, 5.74) is 3.32. The van der Waals surface area contributed by atoms with Crippen molar-refractivity contribution in [3.8, 4) is 0 Å². The molecule has 2 aromatic rings. The van der Waals surface area contributed by atoms with Gasteiger partial charge in [0.15, 0.2) is 6.61 Å². The molecule has 0 bridgehead atoms. The molecule has 1 aliphatic rings. The van der Waals surface area contributed by atoms with Gasteiger partial charge in [0.05, 0.1) is 11.3 Å². The minimum atomic E-state index is -0.443. The molecular formula is C21H26N2O3S. The van der Waals surface area contributed by atoms with Crippen LogP contribution in [0.4, 0.5) is 5.69 Å². The normalized spacial score (nSPS) is 16.6. The maximum absolute atomic E-state index is 12.8. The minimum absolute atomic E-state index is 0.185. The fraction of sp³-hybridized carbons (Fsp3) is 0.429. The first-order chi connectivity index (χ1) is 12.9. The highest BCUT2D eigenvalue weighted by Gasteiger charge is 2.25. The highest BCUT2D eigenvalue weighted by atomic mass is 32.2. The number of aromatic nitrogens is 1. The molecule has 0 N–H and O–H groups in total. The number of carbonyl (C=O) groups excluding carboxylic acids is 2. The quantitative estimate of drug-likeness (QED) is 0.739. The average Bonchev–Trinajstić information content (AvgIpc) is 2.83. The van der Waals surface area contributed by atoms with Crippen molar-refractivity contribution in [3.05, 3.63) is 47.3 Å². The van der Waals surface area contributed by atoms with Crippen molar-refractivity contribution in [2.75, 3.05) is 18.1 Å². The van der Waals surface area contributed by atoms with E-state index in [9.17, 15) is 9.59 Å². The zero-order chi connectivity index (χ0) is 19.6.